The van der Waals surface area contributed by atoms with Gasteiger partial charge in [-0.2, -0.15) is 10.6 Å². The highest BCUT2D eigenvalue weighted by Crippen LogP contribution is 2.38. The first-order valence-electron chi connectivity index (χ1n) is 11.4. The maximum Gasteiger partial charge on any atom is 0.322 e. The van der Waals surface area contributed by atoms with Crippen LogP contribution in [0.3, 0.4) is 0 Å². The third-order valence-corrected chi connectivity index (χ3v) is 6.71. The summed E-state index contributed by atoms with van der Waals surface area (Å²) in [6.45, 7) is 7.58. The van der Waals surface area contributed by atoms with Crippen LogP contribution in [0, 0.1) is 0 Å². The molecule has 3 heterocycles. The van der Waals surface area contributed by atoms with E-state index in [1.165, 1.54) is 6.26 Å². The summed E-state index contributed by atoms with van der Waals surface area (Å²) in [7, 11) is -2.77. The lowest BCUT2D eigenvalue weighted by Gasteiger charge is -2.35. The molecule has 0 bridgehead atoms. The SMILES string of the molecule is C[C@H]1COCCN1C(=O)Nc1ccc(-c2nc(CS(C)(O)O)cc(N3CCOC[C@@H]3C)n2)cc1. The fourth-order valence-electron chi connectivity index (χ4n) is 4.11. The summed E-state index contributed by atoms with van der Waals surface area (Å²) in [5, 5.41) is 2.94. The molecule has 0 saturated carbocycles. The molecule has 2 atom stereocenters. The van der Waals surface area contributed by atoms with E-state index in [0.29, 0.717) is 56.7 Å². The van der Waals surface area contributed by atoms with Crippen LogP contribution in [0.25, 0.3) is 11.4 Å². The number of aromatic nitrogens is 2. The Morgan fingerprint density at radius 2 is 1.76 bits per heavy atom. The molecule has 2 aromatic rings. The van der Waals surface area contributed by atoms with Gasteiger partial charge in [0.05, 0.1) is 50.0 Å². The van der Waals surface area contributed by atoms with Gasteiger partial charge in [-0.1, -0.05) is 0 Å². The summed E-state index contributed by atoms with van der Waals surface area (Å²) in [6, 6.07) is 9.18. The van der Waals surface area contributed by atoms with Crippen LogP contribution in [0.4, 0.5) is 16.3 Å². The maximum atomic E-state index is 12.6. The average Bonchev–Trinajstić information content (AvgIpc) is 2.79. The molecule has 34 heavy (non-hydrogen) atoms. The molecule has 0 aliphatic carbocycles. The number of ether oxygens (including phenoxy) is 2. The van der Waals surface area contributed by atoms with Crippen molar-refractivity contribution in [2.75, 3.05) is 56.0 Å². The Labute approximate surface area is 201 Å². The van der Waals surface area contributed by atoms with Gasteiger partial charge in [0.15, 0.2) is 5.82 Å². The number of hydrogen-bond donors (Lipinski definition) is 3. The lowest BCUT2D eigenvalue weighted by atomic mass is 10.2. The number of benzene rings is 1. The van der Waals surface area contributed by atoms with Gasteiger partial charge in [-0.05, 0) is 38.1 Å². The largest absolute Gasteiger partial charge is 0.377 e. The van der Waals surface area contributed by atoms with Crippen molar-refractivity contribution in [2.45, 2.75) is 31.7 Å². The highest BCUT2D eigenvalue weighted by atomic mass is 32.3. The molecule has 186 valence electrons. The Bertz CT molecular complexity index is 1000. The summed E-state index contributed by atoms with van der Waals surface area (Å²) in [4.78, 5) is 25.9. The zero-order valence-electron chi connectivity index (χ0n) is 19.8. The van der Waals surface area contributed by atoms with Crippen molar-refractivity contribution in [1.29, 1.82) is 0 Å². The predicted octanol–water partition coefficient (Wildman–Crippen LogP) is 3.50. The number of hydrogen-bond acceptors (Lipinski definition) is 8. The van der Waals surface area contributed by atoms with Crippen LogP contribution in [0.1, 0.15) is 19.5 Å². The average molecular weight is 492 g/mol. The van der Waals surface area contributed by atoms with Gasteiger partial charge in [0.2, 0.25) is 0 Å². The number of carbonyl (C=O) groups excluding carboxylic acids is 1. The van der Waals surface area contributed by atoms with Gasteiger partial charge in [0.25, 0.3) is 0 Å². The Hall–Kier alpha value is -2.44. The second-order valence-electron chi connectivity index (χ2n) is 8.92. The number of anilines is 2. The second-order valence-corrected chi connectivity index (χ2v) is 11.2. The smallest absolute Gasteiger partial charge is 0.322 e. The van der Waals surface area contributed by atoms with Gasteiger partial charge in [0, 0.05) is 36.7 Å². The van der Waals surface area contributed by atoms with E-state index in [0.717, 1.165) is 11.4 Å². The Kier molecular flexibility index (Phi) is 7.58. The predicted molar refractivity (Wildman–Crippen MR) is 134 cm³/mol. The molecule has 1 aromatic carbocycles. The minimum Gasteiger partial charge on any atom is -0.377 e. The number of urea groups is 1. The zero-order chi connectivity index (χ0) is 24.3. The first-order chi connectivity index (χ1) is 16.2. The molecule has 0 unspecified atom stereocenters. The van der Waals surface area contributed by atoms with Crippen molar-refractivity contribution in [3.05, 3.63) is 36.0 Å². The van der Waals surface area contributed by atoms with E-state index >= 15 is 0 Å². The van der Waals surface area contributed by atoms with Gasteiger partial charge in [-0.25, -0.2) is 14.8 Å². The Morgan fingerprint density at radius 1 is 1.09 bits per heavy atom. The molecular formula is C23H33N5O5S. The molecule has 11 heteroatoms. The number of morpholine rings is 2. The maximum absolute atomic E-state index is 12.6. The number of nitrogens with one attached hydrogen (secondary N) is 1. The van der Waals surface area contributed by atoms with Crippen molar-refractivity contribution in [3.63, 3.8) is 0 Å². The molecule has 3 N–H and O–H groups in total. The highest BCUT2D eigenvalue weighted by molar-refractivity contribution is 8.23. The van der Waals surface area contributed by atoms with E-state index in [9.17, 15) is 13.9 Å². The van der Waals surface area contributed by atoms with Crippen LogP contribution in [0.5, 0.6) is 0 Å². The highest BCUT2D eigenvalue weighted by Gasteiger charge is 2.24. The summed E-state index contributed by atoms with van der Waals surface area (Å²) < 4.78 is 31.0. The Morgan fingerprint density at radius 3 is 2.41 bits per heavy atom. The van der Waals surface area contributed by atoms with E-state index in [1.807, 2.05) is 37.3 Å². The molecule has 2 aliphatic heterocycles. The summed E-state index contributed by atoms with van der Waals surface area (Å²) in [6.07, 6.45) is 1.42. The van der Waals surface area contributed by atoms with E-state index in [1.54, 1.807) is 4.90 Å². The van der Waals surface area contributed by atoms with Crippen LogP contribution < -0.4 is 10.2 Å². The van der Waals surface area contributed by atoms with Crippen LogP contribution in [0.2, 0.25) is 0 Å². The number of amides is 2. The zero-order valence-corrected chi connectivity index (χ0v) is 20.6. The molecule has 2 amide bonds. The van der Waals surface area contributed by atoms with E-state index in [4.69, 9.17) is 14.5 Å². The normalized spacial score (nSPS) is 21.9. The van der Waals surface area contributed by atoms with Gasteiger partial charge < -0.3 is 24.6 Å². The standard InChI is InChI=1S/C23H33N5O5S/c1-16-13-32-10-8-27(16)21-12-20(15-34(3,30)31)24-22(26-21)18-4-6-19(7-5-18)25-23(29)28-9-11-33-14-17(28)2/h4-7,12,16-17,30-31H,8-11,13-15H2,1-3H3,(H,25,29)/t16-,17-/m0/s1. The van der Waals surface area contributed by atoms with Crippen molar-refractivity contribution in [1.82, 2.24) is 14.9 Å². The van der Waals surface area contributed by atoms with Gasteiger partial charge >= 0.3 is 6.03 Å². The van der Waals surface area contributed by atoms with Gasteiger partial charge in [0.1, 0.15) is 5.82 Å². The Balaban J connectivity index is 1.56. The minimum absolute atomic E-state index is 0.0241. The van der Waals surface area contributed by atoms with Crippen LogP contribution in [-0.2, 0) is 15.2 Å². The molecular weight excluding hydrogens is 458 g/mol. The molecule has 2 aliphatic rings. The molecule has 4 rings (SSSR count). The first-order valence-corrected chi connectivity index (χ1v) is 13.5. The van der Waals surface area contributed by atoms with Crippen molar-refractivity contribution in [2.24, 2.45) is 0 Å². The van der Waals surface area contributed by atoms with E-state index in [-0.39, 0.29) is 23.9 Å². The first kappa shape index (κ1) is 24.7. The molecule has 0 radical (unpaired) electrons. The molecule has 0 spiro atoms. The van der Waals surface area contributed by atoms with Crippen LogP contribution >= 0.6 is 10.6 Å². The monoisotopic (exact) mass is 491 g/mol. The lowest BCUT2D eigenvalue weighted by Crippen LogP contribution is -2.48. The molecule has 2 saturated heterocycles. The van der Waals surface area contributed by atoms with Crippen molar-refractivity contribution >= 4 is 28.1 Å². The van der Waals surface area contributed by atoms with Gasteiger partial charge in [-0.15, -0.1) is 0 Å². The number of nitrogens with zero attached hydrogens (tertiary/aromatic N) is 4. The third kappa shape index (κ3) is 6.16. The van der Waals surface area contributed by atoms with E-state index in [2.05, 4.69) is 22.1 Å². The third-order valence-electron chi connectivity index (χ3n) is 5.87. The fourth-order valence-corrected chi connectivity index (χ4v) is 4.82. The summed E-state index contributed by atoms with van der Waals surface area (Å²) in [5.74, 6) is 1.28. The van der Waals surface area contributed by atoms with Crippen molar-refractivity contribution < 1.29 is 23.4 Å². The van der Waals surface area contributed by atoms with Gasteiger partial charge in [-0.3, -0.25) is 9.11 Å². The lowest BCUT2D eigenvalue weighted by molar-refractivity contribution is 0.0222. The van der Waals surface area contributed by atoms with Crippen molar-refractivity contribution in [3.8, 4) is 11.4 Å². The van der Waals surface area contributed by atoms with E-state index < -0.39 is 10.6 Å². The summed E-state index contributed by atoms with van der Waals surface area (Å²) >= 11 is 0. The molecule has 2 fully saturated rings. The number of carbonyl (C=O) groups is 1. The molecule has 1 aromatic heterocycles. The topological polar surface area (TPSA) is 120 Å². The minimum atomic E-state index is -2.77. The fraction of sp³-hybridized carbons (Fsp3) is 0.522. The second kappa shape index (κ2) is 10.4. The molecule has 10 nitrogen and oxygen atoms in total. The quantitative estimate of drug-likeness (QED) is 0.581. The number of rotatable bonds is 5. The van der Waals surface area contributed by atoms with Crippen LogP contribution in [0.15, 0.2) is 30.3 Å². The van der Waals surface area contributed by atoms with Crippen LogP contribution in [-0.4, -0.2) is 87.9 Å². The summed E-state index contributed by atoms with van der Waals surface area (Å²) in [5.41, 5.74) is 2.02.